The van der Waals surface area contributed by atoms with Gasteiger partial charge in [0.1, 0.15) is 0 Å². The van der Waals surface area contributed by atoms with Crippen LogP contribution in [-0.4, -0.2) is 57.7 Å². The van der Waals surface area contributed by atoms with Crippen molar-refractivity contribution in [3.8, 4) is 0 Å². The molecule has 2 unspecified atom stereocenters. The van der Waals surface area contributed by atoms with Crippen LogP contribution in [0.5, 0.6) is 0 Å². The number of ether oxygens (including phenoxy) is 1. The van der Waals surface area contributed by atoms with Crippen LogP contribution < -0.4 is 5.32 Å². The summed E-state index contributed by atoms with van der Waals surface area (Å²) in [4.78, 5) is 12.5. The van der Waals surface area contributed by atoms with E-state index in [9.17, 15) is 13.2 Å². The van der Waals surface area contributed by atoms with Gasteiger partial charge in [0, 0.05) is 25.6 Å². The number of nitrogens with zero attached hydrogens (tertiary/aromatic N) is 1. The molecule has 1 aromatic rings. The van der Waals surface area contributed by atoms with Crippen molar-refractivity contribution < 1.29 is 17.9 Å². The van der Waals surface area contributed by atoms with E-state index in [2.05, 4.69) is 5.32 Å². The molecule has 1 saturated heterocycles. The van der Waals surface area contributed by atoms with Crippen LogP contribution in [0.4, 0.5) is 0 Å². The van der Waals surface area contributed by atoms with Crippen molar-refractivity contribution >= 4 is 15.9 Å². The van der Waals surface area contributed by atoms with Gasteiger partial charge in [-0.2, -0.15) is 0 Å². The molecule has 1 aromatic carbocycles. The molecule has 1 aliphatic rings. The maximum absolute atomic E-state index is 12.5. The van der Waals surface area contributed by atoms with Gasteiger partial charge in [0.15, 0.2) is 0 Å². The van der Waals surface area contributed by atoms with Gasteiger partial charge >= 0.3 is 0 Å². The molecular formula is C16H24N2O4S. The number of carbonyl (C=O) groups excluding carboxylic acids is 1. The lowest BCUT2D eigenvalue weighted by Gasteiger charge is -2.21. The van der Waals surface area contributed by atoms with E-state index < -0.39 is 10.0 Å². The van der Waals surface area contributed by atoms with Gasteiger partial charge in [-0.05, 0) is 18.1 Å². The lowest BCUT2D eigenvalue weighted by Crippen LogP contribution is -2.43. The summed E-state index contributed by atoms with van der Waals surface area (Å²) in [7, 11) is -0.305. The lowest BCUT2D eigenvalue weighted by atomic mass is 10.0. The molecule has 2 rings (SSSR count). The van der Waals surface area contributed by atoms with E-state index in [1.165, 1.54) is 18.4 Å². The summed E-state index contributed by atoms with van der Waals surface area (Å²) in [5.74, 6) is -0.439. The maximum Gasteiger partial charge on any atom is 0.251 e. The van der Waals surface area contributed by atoms with Crippen molar-refractivity contribution in [2.45, 2.75) is 19.4 Å². The van der Waals surface area contributed by atoms with Crippen LogP contribution in [0.25, 0.3) is 0 Å². The average molecular weight is 340 g/mol. The number of hydrogen-bond acceptors (Lipinski definition) is 4. The number of amides is 1. The normalized spacial score (nSPS) is 21.6. The van der Waals surface area contributed by atoms with E-state index in [0.29, 0.717) is 18.8 Å². The summed E-state index contributed by atoms with van der Waals surface area (Å²) in [6.07, 6.45) is 0.767. The van der Waals surface area contributed by atoms with Crippen molar-refractivity contribution in [2.75, 3.05) is 33.1 Å². The predicted molar refractivity (Wildman–Crippen MR) is 88.9 cm³/mol. The minimum absolute atomic E-state index is 0.0274. The van der Waals surface area contributed by atoms with Crippen LogP contribution in [0.3, 0.4) is 0 Å². The van der Waals surface area contributed by atoms with Crippen molar-refractivity contribution in [3.05, 3.63) is 35.4 Å². The Morgan fingerprint density at radius 3 is 2.65 bits per heavy atom. The van der Waals surface area contributed by atoms with Gasteiger partial charge in [-0.3, -0.25) is 4.79 Å². The molecule has 0 radical (unpaired) electrons. The molecule has 0 aromatic heterocycles. The topological polar surface area (TPSA) is 75.7 Å². The monoisotopic (exact) mass is 340 g/mol. The standard InChI is InChI=1S/C16H24N2O4S/c1-4-12-7-5-6-8-14(12)16(19)17-15-10-22-9-13(15)11-23(20,21)18(2)3/h5-8,13,15H,4,9-11H2,1-3H3,(H,17,19). The molecule has 1 N–H and O–H groups in total. The third-order valence-electron chi connectivity index (χ3n) is 4.14. The molecule has 1 amide bonds. The molecule has 0 saturated carbocycles. The summed E-state index contributed by atoms with van der Waals surface area (Å²) < 4.78 is 30.7. The SMILES string of the molecule is CCc1ccccc1C(=O)NC1COCC1CS(=O)(=O)N(C)C. The second-order valence-electron chi connectivity index (χ2n) is 5.95. The summed E-state index contributed by atoms with van der Waals surface area (Å²) >= 11 is 0. The third kappa shape index (κ3) is 4.31. The molecule has 6 nitrogen and oxygen atoms in total. The maximum atomic E-state index is 12.5. The zero-order valence-corrected chi connectivity index (χ0v) is 14.6. The van der Waals surface area contributed by atoms with E-state index in [4.69, 9.17) is 4.74 Å². The summed E-state index contributed by atoms with van der Waals surface area (Å²) in [5, 5.41) is 2.93. The van der Waals surface area contributed by atoms with Crippen LogP contribution >= 0.6 is 0 Å². The van der Waals surface area contributed by atoms with Gasteiger partial charge in [0.05, 0.1) is 25.0 Å². The second-order valence-corrected chi connectivity index (χ2v) is 8.18. The highest BCUT2D eigenvalue weighted by molar-refractivity contribution is 7.89. The molecule has 23 heavy (non-hydrogen) atoms. The lowest BCUT2D eigenvalue weighted by molar-refractivity contribution is 0.0925. The summed E-state index contributed by atoms with van der Waals surface area (Å²) in [5.41, 5.74) is 1.61. The minimum Gasteiger partial charge on any atom is -0.379 e. The fraction of sp³-hybridized carbons (Fsp3) is 0.562. The van der Waals surface area contributed by atoms with Gasteiger partial charge in [0.25, 0.3) is 5.91 Å². The molecular weight excluding hydrogens is 316 g/mol. The zero-order chi connectivity index (χ0) is 17.0. The fourth-order valence-electron chi connectivity index (χ4n) is 2.64. The van der Waals surface area contributed by atoms with Gasteiger partial charge in [-0.15, -0.1) is 0 Å². The molecule has 1 aliphatic heterocycles. The first-order valence-corrected chi connectivity index (χ1v) is 9.32. The zero-order valence-electron chi connectivity index (χ0n) is 13.8. The van der Waals surface area contributed by atoms with E-state index in [-0.39, 0.29) is 23.6 Å². The largest absolute Gasteiger partial charge is 0.379 e. The summed E-state index contributed by atoms with van der Waals surface area (Å²) in [6.45, 7) is 2.68. The van der Waals surface area contributed by atoms with Crippen LogP contribution in [-0.2, 0) is 21.2 Å². The van der Waals surface area contributed by atoms with Crippen molar-refractivity contribution in [3.63, 3.8) is 0 Å². The van der Waals surface area contributed by atoms with Crippen LogP contribution in [0.2, 0.25) is 0 Å². The van der Waals surface area contributed by atoms with E-state index in [0.717, 1.165) is 12.0 Å². The highest BCUT2D eigenvalue weighted by Crippen LogP contribution is 2.18. The Kier molecular flexibility index (Phi) is 5.78. The van der Waals surface area contributed by atoms with E-state index in [1.807, 2.05) is 25.1 Å². The van der Waals surface area contributed by atoms with Gasteiger partial charge < -0.3 is 10.1 Å². The molecule has 0 aliphatic carbocycles. The molecule has 2 atom stereocenters. The Morgan fingerprint density at radius 1 is 1.30 bits per heavy atom. The highest BCUT2D eigenvalue weighted by atomic mass is 32.2. The first-order valence-electron chi connectivity index (χ1n) is 7.72. The first kappa shape index (κ1) is 17.9. The van der Waals surface area contributed by atoms with E-state index in [1.54, 1.807) is 6.07 Å². The van der Waals surface area contributed by atoms with Crippen LogP contribution in [0, 0.1) is 5.92 Å². The molecule has 0 spiro atoms. The minimum atomic E-state index is -3.33. The number of nitrogens with one attached hydrogen (secondary N) is 1. The van der Waals surface area contributed by atoms with Crippen molar-refractivity contribution in [1.29, 1.82) is 0 Å². The fourth-order valence-corrected chi connectivity index (χ4v) is 3.81. The van der Waals surface area contributed by atoms with Gasteiger partial charge in [-0.1, -0.05) is 25.1 Å². The quantitative estimate of drug-likeness (QED) is 0.834. The summed E-state index contributed by atoms with van der Waals surface area (Å²) in [6, 6.07) is 7.15. The van der Waals surface area contributed by atoms with Crippen LogP contribution in [0.1, 0.15) is 22.8 Å². The van der Waals surface area contributed by atoms with Crippen molar-refractivity contribution in [1.82, 2.24) is 9.62 Å². The number of benzene rings is 1. The van der Waals surface area contributed by atoms with E-state index >= 15 is 0 Å². The first-order chi connectivity index (χ1) is 10.8. The molecule has 1 heterocycles. The number of hydrogen-bond donors (Lipinski definition) is 1. The highest BCUT2D eigenvalue weighted by Gasteiger charge is 2.34. The number of aryl methyl sites for hydroxylation is 1. The third-order valence-corrected chi connectivity index (χ3v) is 6.10. The second kappa shape index (κ2) is 7.42. The average Bonchev–Trinajstić information content (AvgIpc) is 2.93. The molecule has 7 heteroatoms. The number of sulfonamides is 1. The smallest absolute Gasteiger partial charge is 0.251 e. The van der Waals surface area contributed by atoms with Crippen LogP contribution in [0.15, 0.2) is 24.3 Å². The Balaban J connectivity index is 2.08. The molecule has 1 fully saturated rings. The Bertz CT molecular complexity index is 658. The molecule has 0 bridgehead atoms. The predicted octanol–water partition coefficient (Wildman–Crippen LogP) is 0.885. The number of carbonyl (C=O) groups is 1. The number of rotatable bonds is 6. The van der Waals surface area contributed by atoms with Crippen molar-refractivity contribution in [2.24, 2.45) is 5.92 Å². The van der Waals surface area contributed by atoms with Gasteiger partial charge in [-0.25, -0.2) is 12.7 Å². The Morgan fingerprint density at radius 2 is 2.00 bits per heavy atom. The Hall–Kier alpha value is -1.44. The Labute approximate surface area is 137 Å². The molecule has 128 valence electrons. The van der Waals surface area contributed by atoms with Gasteiger partial charge in [0.2, 0.25) is 10.0 Å².